The first-order valence-corrected chi connectivity index (χ1v) is 7.75. The molecule has 2 heterocycles. The van der Waals surface area contributed by atoms with E-state index < -0.39 is 0 Å². The zero-order chi connectivity index (χ0) is 15.3. The standard InChI is InChI=1S/C18H19N3O.2H2O/c1-12-19-9-10-21(12)11-13-7-8-16-17(18(13)22)14-5-3-4-6-15(14)20(16)2;;/h3-6,9-10,13H,7-8,11H2,1-2H3;2*1H2/t13-;;/m1../s1. The summed E-state index contributed by atoms with van der Waals surface area (Å²) in [6.07, 6.45) is 5.63. The normalized spacial score (nSPS) is 16.4. The Kier molecular flexibility index (Phi) is 4.91. The molecule has 0 amide bonds. The predicted molar refractivity (Wildman–Crippen MR) is 93.3 cm³/mol. The monoisotopic (exact) mass is 329 g/mol. The summed E-state index contributed by atoms with van der Waals surface area (Å²) in [5.74, 6) is 1.30. The molecule has 6 heteroatoms. The first kappa shape index (κ1) is 17.9. The third kappa shape index (κ3) is 2.53. The Hall–Kier alpha value is -2.44. The van der Waals surface area contributed by atoms with E-state index in [4.69, 9.17) is 0 Å². The predicted octanol–water partition coefficient (Wildman–Crippen LogP) is 1.48. The average molecular weight is 329 g/mol. The molecule has 1 aliphatic carbocycles. The van der Waals surface area contributed by atoms with Crippen LogP contribution in [0.5, 0.6) is 0 Å². The molecular weight excluding hydrogens is 306 g/mol. The Morgan fingerprint density at radius 3 is 2.71 bits per heavy atom. The molecule has 4 N–H and O–H groups in total. The Labute approximate surface area is 140 Å². The molecule has 0 saturated carbocycles. The van der Waals surface area contributed by atoms with Gasteiger partial charge in [-0.15, -0.1) is 0 Å². The van der Waals surface area contributed by atoms with Crippen LogP contribution < -0.4 is 0 Å². The maximum atomic E-state index is 13.0. The molecule has 0 radical (unpaired) electrons. The quantitative estimate of drug-likeness (QED) is 0.710. The van der Waals surface area contributed by atoms with E-state index in [1.54, 1.807) is 6.20 Å². The van der Waals surface area contributed by atoms with Crippen molar-refractivity contribution in [3.8, 4) is 0 Å². The molecule has 1 aromatic carbocycles. The molecule has 24 heavy (non-hydrogen) atoms. The van der Waals surface area contributed by atoms with Crippen LogP contribution in [0.15, 0.2) is 36.7 Å². The van der Waals surface area contributed by atoms with Crippen molar-refractivity contribution in [2.75, 3.05) is 0 Å². The number of rotatable bonds is 2. The van der Waals surface area contributed by atoms with Gasteiger partial charge in [-0.05, 0) is 25.8 Å². The van der Waals surface area contributed by atoms with Crippen LogP contribution in [0.4, 0.5) is 0 Å². The van der Waals surface area contributed by atoms with Gasteiger partial charge in [-0.2, -0.15) is 0 Å². The molecule has 0 saturated heterocycles. The lowest BCUT2D eigenvalue weighted by atomic mass is 9.85. The summed E-state index contributed by atoms with van der Waals surface area (Å²) < 4.78 is 4.26. The van der Waals surface area contributed by atoms with Gasteiger partial charge in [0, 0.05) is 54.1 Å². The van der Waals surface area contributed by atoms with Crippen molar-refractivity contribution in [3.05, 3.63) is 53.7 Å². The minimum Gasteiger partial charge on any atom is -0.412 e. The summed E-state index contributed by atoms with van der Waals surface area (Å²) in [5.41, 5.74) is 3.28. The second-order valence-corrected chi connectivity index (χ2v) is 6.12. The second kappa shape index (κ2) is 6.59. The van der Waals surface area contributed by atoms with Crippen LogP contribution in [0.1, 0.15) is 28.3 Å². The first-order chi connectivity index (χ1) is 10.7. The highest BCUT2D eigenvalue weighted by atomic mass is 16.1. The molecule has 128 valence electrons. The lowest BCUT2D eigenvalue weighted by molar-refractivity contribution is 0.0888. The van der Waals surface area contributed by atoms with Crippen LogP contribution in [-0.4, -0.2) is 30.9 Å². The van der Waals surface area contributed by atoms with Crippen molar-refractivity contribution in [3.63, 3.8) is 0 Å². The molecule has 0 fully saturated rings. The molecule has 0 spiro atoms. The van der Waals surface area contributed by atoms with E-state index in [0.717, 1.165) is 41.7 Å². The molecule has 0 aliphatic heterocycles. The third-order valence-corrected chi connectivity index (χ3v) is 4.92. The van der Waals surface area contributed by atoms with E-state index in [9.17, 15) is 4.79 Å². The fourth-order valence-corrected chi connectivity index (χ4v) is 3.67. The number of ketones is 1. The SMILES string of the molecule is Cc1nccn1C[C@H]1CCc2c(c3ccccc3n2C)C1=O.O.O. The minimum atomic E-state index is 0. The fourth-order valence-electron chi connectivity index (χ4n) is 3.67. The van der Waals surface area contributed by atoms with E-state index in [2.05, 4.69) is 33.3 Å². The van der Waals surface area contributed by atoms with Gasteiger partial charge in [-0.3, -0.25) is 4.79 Å². The number of imidazole rings is 1. The lowest BCUT2D eigenvalue weighted by Crippen LogP contribution is -2.27. The Balaban J connectivity index is 0.00000104. The molecule has 4 rings (SSSR count). The van der Waals surface area contributed by atoms with Crippen LogP contribution in [-0.2, 0) is 20.0 Å². The fraction of sp³-hybridized carbons (Fsp3) is 0.333. The number of fused-ring (bicyclic) bond motifs is 3. The van der Waals surface area contributed by atoms with Gasteiger partial charge in [0.25, 0.3) is 0 Å². The first-order valence-electron chi connectivity index (χ1n) is 7.75. The molecule has 1 atom stereocenters. The van der Waals surface area contributed by atoms with Crippen molar-refractivity contribution in [2.24, 2.45) is 13.0 Å². The molecule has 2 aromatic heterocycles. The van der Waals surface area contributed by atoms with Gasteiger partial charge in [0.05, 0.1) is 0 Å². The van der Waals surface area contributed by atoms with Gasteiger partial charge in [-0.1, -0.05) is 18.2 Å². The summed E-state index contributed by atoms with van der Waals surface area (Å²) in [7, 11) is 2.06. The van der Waals surface area contributed by atoms with Crippen LogP contribution in [0.2, 0.25) is 0 Å². The summed E-state index contributed by atoms with van der Waals surface area (Å²) in [4.78, 5) is 17.3. The highest BCUT2D eigenvalue weighted by molar-refractivity contribution is 6.11. The summed E-state index contributed by atoms with van der Waals surface area (Å²) in [6, 6.07) is 8.21. The van der Waals surface area contributed by atoms with E-state index in [-0.39, 0.29) is 22.7 Å². The Morgan fingerprint density at radius 1 is 1.25 bits per heavy atom. The highest BCUT2D eigenvalue weighted by Crippen LogP contribution is 2.34. The van der Waals surface area contributed by atoms with Crippen LogP contribution in [0.3, 0.4) is 0 Å². The number of nitrogens with zero attached hydrogens (tertiary/aromatic N) is 3. The van der Waals surface area contributed by atoms with Crippen molar-refractivity contribution < 1.29 is 15.7 Å². The van der Waals surface area contributed by atoms with Gasteiger partial charge < -0.3 is 20.1 Å². The highest BCUT2D eigenvalue weighted by Gasteiger charge is 2.32. The summed E-state index contributed by atoms with van der Waals surface area (Å²) in [6.45, 7) is 2.71. The van der Waals surface area contributed by atoms with Crippen molar-refractivity contribution in [2.45, 2.75) is 26.3 Å². The molecule has 3 aromatic rings. The summed E-state index contributed by atoms with van der Waals surface area (Å²) >= 11 is 0. The topological polar surface area (TPSA) is 103 Å². The molecule has 1 aliphatic rings. The van der Waals surface area contributed by atoms with E-state index in [0.29, 0.717) is 0 Å². The lowest BCUT2D eigenvalue weighted by Gasteiger charge is -2.23. The van der Waals surface area contributed by atoms with Crippen LogP contribution in [0.25, 0.3) is 10.9 Å². The largest absolute Gasteiger partial charge is 0.412 e. The third-order valence-electron chi connectivity index (χ3n) is 4.92. The van der Waals surface area contributed by atoms with Crippen molar-refractivity contribution >= 4 is 16.7 Å². The molecule has 0 unspecified atom stereocenters. The van der Waals surface area contributed by atoms with Crippen molar-refractivity contribution in [1.82, 2.24) is 14.1 Å². The number of carbonyl (C=O) groups excluding carboxylic acids is 1. The number of hydrogen-bond acceptors (Lipinski definition) is 2. The van der Waals surface area contributed by atoms with Crippen LogP contribution in [0, 0.1) is 12.8 Å². The minimum absolute atomic E-state index is 0. The van der Waals surface area contributed by atoms with E-state index >= 15 is 0 Å². The Bertz CT molecular complexity index is 879. The summed E-state index contributed by atoms with van der Waals surface area (Å²) in [5, 5.41) is 1.09. The van der Waals surface area contributed by atoms with E-state index in [1.807, 2.05) is 25.3 Å². The number of aryl methyl sites for hydroxylation is 2. The number of hydrogen-bond donors (Lipinski definition) is 0. The second-order valence-electron chi connectivity index (χ2n) is 6.12. The van der Waals surface area contributed by atoms with Gasteiger partial charge in [-0.25, -0.2) is 4.98 Å². The van der Waals surface area contributed by atoms with E-state index in [1.165, 1.54) is 5.69 Å². The smallest absolute Gasteiger partial charge is 0.170 e. The van der Waals surface area contributed by atoms with Gasteiger partial charge in [0.2, 0.25) is 0 Å². The van der Waals surface area contributed by atoms with Crippen molar-refractivity contribution in [1.29, 1.82) is 0 Å². The van der Waals surface area contributed by atoms with Crippen LogP contribution >= 0.6 is 0 Å². The maximum absolute atomic E-state index is 13.0. The molecule has 6 nitrogen and oxygen atoms in total. The molecule has 0 bridgehead atoms. The van der Waals surface area contributed by atoms with Gasteiger partial charge >= 0.3 is 0 Å². The Morgan fingerprint density at radius 2 is 2.00 bits per heavy atom. The number of carbonyl (C=O) groups is 1. The number of benzene rings is 1. The number of Topliss-reactive ketones (excluding diaryl/α,β-unsaturated/α-hetero) is 1. The molecular formula is C18H23N3O3. The average Bonchev–Trinajstić information content (AvgIpc) is 3.05. The maximum Gasteiger partial charge on any atom is 0.170 e. The number of aromatic nitrogens is 3. The number of para-hydroxylation sites is 1. The van der Waals surface area contributed by atoms with Gasteiger partial charge in [0.1, 0.15) is 5.82 Å². The van der Waals surface area contributed by atoms with Gasteiger partial charge in [0.15, 0.2) is 5.78 Å². The zero-order valence-corrected chi connectivity index (χ0v) is 13.9. The zero-order valence-electron chi connectivity index (χ0n) is 13.9.